The van der Waals surface area contributed by atoms with Crippen molar-refractivity contribution in [2.75, 3.05) is 0 Å². The standard InChI is InChI=1S/C19H27N5O6/c20-12(6-8-15(21)25)17(27)23-13(7-9-16(22)26)18(28)24-14(19(29)30)10-11-4-2-1-3-5-11/h1-5,12-14H,6-10,20H2,(H2,21,25)(H2,22,26)(H,23,27)(H,24,28)(H,29,30). The monoisotopic (exact) mass is 421 g/mol. The molecule has 11 heteroatoms. The van der Waals surface area contributed by atoms with Gasteiger partial charge in [-0.2, -0.15) is 0 Å². The van der Waals surface area contributed by atoms with E-state index in [2.05, 4.69) is 10.6 Å². The van der Waals surface area contributed by atoms with Crippen molar-refractivity contribution < 1.29 is 29.1 Å². The molecule has 164 valence electrons. The molecule has 1 rings (SSSR count). The molecule has 0 fully saturated rings. The summed E-state index contributed by atoms with van der Waals surface area (Å²) in [7, 11) is 0. The van der Waals surface area contributed by atoms with Gasteiger partial charge in [0.15, 0.2) is 0 Å². The Morgan fingerprint density at radius 1 is 0.833 bits per heavy atom. The molecule has 0 spiro atoms. The minimum absolute atomic E-state index is 0.0243. The lowest BCUT2D eigenvalue weighted by molar-refractivity contribution is -0.142. The molecule has 30 heavy (non-hydrogen) atoms. The van der Waals surface area contributed by atoms with Crippen molar-refractivity contribution in [3.8, 4) is 0 Å². The number of nitrogens with two attached hydrogens (primary N) is 3. The average Bonchev–Trinajstić information content (AvgIpc) is 2.68. The highest BCUT2D eigenvalue weighted by Crippen LogP contribution is 2.06. The van der Waals surface area contributed by atoms with E-state index in [-0.39, 0.29) is 32.1 Å². The molecule has 1 aromatic carbocycles. The lowest BCUT2D eigenvalue weighted by Gasteiger charge is -2.22. The summed E-state index contributed by atoms with van der Waals surface area (Å²) in [6, 6.07) is 5.08. The van der Waals surface area contributed by atoms with Gasteiger partial charge in [-0.1, -0.05) is 30.3 Å². The van der Waals surface area contributed by atoms with E-state index in [0.29, 0.717) is 5.56 Å². The first-order valence-electron chi connectivity index (χ1n) is 9.29. The first-order valence-corrected chi connectivity index (χ1v) is 9.29. The topological polar surface area (TPSA) is 208 Å². The van der Waals surface area contributed by atoms with Gasteiger partial charge in [0.2, 0.25) is 23.6 Å². The maximum atomic E-state index is 12.6. The van der Waals surface area contributed by atoms with Crippen molar-refractivity contribution in [2.24, 2.45) is 17.2 Å². The molecule has 3 atom stereocenters. The van der Waals surface area contributed by atoms with Gasteiger partial charge < -0.3 is 32.9 Å². The Kier molecular flexibility index (Phi) is 9.97. The van der Waals surface area contributed by atoms with Crippen LogP contribution in [0.15, 0.2) is 30.3 Å². The largest absolute Gasteiger partial charge is 0.480 e. The Balaban J connectivity index is 2.84. The van der Waals surface area contributed by atoms with Crippen LogP contribution in [-0.4, -0.2) is 52.8 Å². The van der Waals surface area contributed by atoms with Gasteiger partial charge in [0.25, 0.3) is 0 Å². The van der Waals surface area contributed by atoms with Crippen LogP contribution in [0, 0.1) is 0 Å². The fourth-order valence-electron chi connectivity index (χ4n) is 2.59. The number of hydrogen-bond acceptors (Lipinski definition) is 6. The van der Waals surface area contributed by atoms with Crippen LogP contribution in [-0.2, 0) is 30.4 Å². The predicted molar refractivity (Wildman–Crippen MR) is 106 cm³/mol. The molecule has 0 aliphatic heterocycles. The van der Waals surface area contributed by atoms with Gasteiger partial charge in [-0.25, -0.2) is 4.79 Å². The molecule has 0 radical (unpaired) electrons. The molecule has 4 amide bonds. The number of amides is 4. The Morgan fingerprint density at radius 2 is 1.37 bits per heavy atom. The number of carbonyl (C=O) groups excluding carboxylic acids is 4. The number of aliphatic carboxylic acids is 1. The summed E-state index contributed by atoms with van der Waals surface area (Å²) in [6.07, 6.45) is -0.489. The molecule has 0 bridgehead atoms. The van der Waals surface area contributed by atoms with Crippen molar-refractivity contribution in [3.63, 3.8) is 0 Å². The zero-order chi connectivity index (χ0) is 22.7. The van der Waals surface area contributed by atoms with Crippen molar-refractivity contribution in [1.29, 1.82) is 0 Å². The zero-order valence-electron chi connectivity index (χ0n) is 16.4. The van der Waals surface area contributed by atoms with E-state index >= 15 is 0 Å². The summed E-state index contributed by atoms with van der Waals surface area (Å²) in [5.74, 6) is -4.12. The number of rotatable bonds is 13. The maximum Gasteiger partial charge on any atom is 0.326 e. The van der Waals surface area contributed by atoms with Crippen LogP contribution in [0.1, 0.15) is 31.2 Å². The Labute approximate surface area is 173 Å². The van der Waals surface area contributed by atoms with Gasteiger partial charge in [0.05, 0.1) is 6.04 Å². The highest BCUT2D eigenvalue weighted by Gasteiger charge is 2.28. The minimum atomic E-state index is -1.26. The molecule has 1 aromatic rings. The van der Waals surface area contributed by atoms with Crippen molar-refractivity contribution >= 4 is 29.6 Å². The second kappa shape index (κ2) is 12.2. The van der Waals surface area contributed by atoms with E-state index < -0.39 is 47.7 Å². The Bertz CT molecular complexity index is 770. The molecule has 0 aliphatic rings. The van der Waals surface area contributed by atoms with Crippen molar-refractivity contribution in [1.82, 2.24) is 10.6 Å². The predicted octanol–water partition coefficient (Wildman–Crippen LogP) is -1.86. The number of benzene rings is 1. The molecular weight excluding hydrogens is 394 g/mol. The highest BCUT2D eigenvalue weighted by atomic mass is 16.4. The molecule has 0 aliphatic carbocycles. The van der Waals surface area contributed by atoms with Crippen LogP contribution < -0.4 is 27.8 Å². The third-order valence-corrected chi connectivity index (χ3v) is 4.25. The summed E-state index contributed by atoms with van der Waals surface area (Å²) < 4.78 is 0. The van der Waals surface area contributed by atoms with Crippen LogP contribution in [0.5, 0.6) is 0 Å². The van der Waals surface area contributed by atoms with Gasteiger partial charge in [0, 0.05) is 19.3 Å². The van der Waals surface area contributed by atoms with Crippen LogP contribution in [0.25, 0.3) is 0 Å². The van der Waals surface area contributed by atoms with E-state index in [1.54, 1.807) is 30.3 Å². The lowest BCUT2D eigenvalue weighted by atomic mass is 10.0. The molecular formula is C19H27N5O6. The summed E-state index contributed by atoms with van der Waals surface area (Å²) in [5.41, 5.74) is 16.5. The van der Waals surface area contributed by atoms with Crippen LogP contribution in [0.2, 0.25) is 0 Å². The smallest absolute Gasteiger partial charge is 0.326 e. The van der Waals surface area contributed by atoms with Crippen LogP contribution in [0.3, 0.4) is 0 Å². The Hall–Kier alpha value is -3.47. The second-order valence-electron chi connectivity index (χ2n) is 6.77. The van der Waals surface area contributed by atoms with Crippen molar-refractivity contribution in [3.05, 3.63) is 35.9 Å². The van der Waals surface area contributed by atoms with Gasteiger partial charge in [-0.15, -0.1) is 0 Å². The van der Waals surface area contributed by atoms with E-state index in [1.165, 1.54) is 0 Å². The number of primary amides is 2. The fourth-order valence-corrected chi connectivity index (χ4v) is 2.59. The first-order chi connectivity index (χ1) is 14.1. The summed E-state index contributed by atoms with van der Waals surface area (Å²) in [5, 5.41) is 14.2. The average molecular weight is 421 g/mol. The number of carboxylic acid groups (broad SMARTS) is 1. The minimum Gasteiger partial charge on any atom is -0.480 e. The zero-order valence-corrected chi connectivity index (χ0v) is 16.4. The molecule has 0 saturated carbocycles. The normalized spacial score (nSPS) is 13.5. The summed E-state index contributed by atoms with van der Waals surface area (Å²) in [6.45, 7) is 0. The van der Waals surface area contributed by atoms with Gasteiger partial charge in [0.1, 0.15) is 12.1 Å². The molecule has 9 N–H and O–H groups in total. The van der Waals surface area contributed by atoms with Crippen molar-refractivity contribution in [2.45, 2.75) is 50.2 Å². The van der Waals surface area contributed by atoms with Crippen LogP contribution in [0.4, 0.5) is 0 Å². The van der Waals surface area contributed by atoms with Gasteiger partial charge in [-0.05, 0) is 18.4 Å². The number of carboxylic acids is 1. The molecule has 0 saturated heterocycles. The van der Waals surface area contributed by atoms with E-state index in [9.17, 15) is 29.1 Å². The van der Waals surface area contributed by atoms with E-state index in [1.807, 2.05) is 0 Å². The molecule has 11 nitrogen and oxygen atoms in total. The van der Waals surface area contributed by atoms with E-state index in [0.717, 1.165) is 0 Å². The second-order valence-corrected chi connectivity index (χ2v) is 6.77. The number of carbonyl (C=O) groups is 5. The quantitative estimate of drug-likeness (QED) is 0.214. The highest BCUT2D eigenvalue weighted by molar-refractivity contribution is 5.92. The summed E-state index contributed by atoms with van der Waals surface area (Å²) in [4.78, 5) is 58.4. The lowest BCUT2D eigenvalue weighted by Crippen LogP contribution is -2.55. The molecule has 0 aromatic heterocycles. The molecule has 3 unspecified atom stereocenters. The fraction of sp³-hybridized carbons (Fsp3) is 0.421. The van der Waals surface area contributed by atoms with Crippen LogP contribution >= 0.6 is 0 Å². The van der Waals surface area contributed by atoms with Gasteiger partial charge in [-0.3, -0.25) is 19.2 Å². The SMILES string of the molecule is NC(=O)CCC(N)C(=O)NC(CCC(N)=O)C(=O)NC(Cc1ccccc1)C(=O)O. The maximum absolute atomic E-state index is 12.6. The Morgan fingerprint density at radius 3 is 1.90 bits per heavy atom. The third-order valence-electron chi connectivity index (χ3n) is 4.25. The number of nitrogens with one attached hydrogen (secondary N) is 2. The number of hydrogen-bond donors (Lipinski definition) is 6. The molecule has 0 heterocycles. The van der Waals surface area contributed by atoms with E-state index in [4.69, 9.17) is 17.2 Å². The summed E-state index contributed by atoms with van der Waals surface area (Å²) >= 11 is 0. The van der Waals surface area contributed by atoms with Gasteiger partial charge >= 0.3 is 5.97 Å². The first kappa shape index (κ1) is 24.6. The third kappa shape index (κ3) is 9.15.